The fourth-order valence-corrected chi connectivity index (χ4v) is 2.92. The highest BCUT2D eigenvalue weighted by Gasteiger charge is 2.06. The molecule has 0 radical (unpaired) electrons. The van der Waals surface area contributed by atoms with Crippen molar-refractivity contribution in [3.8, 4) is 0 Å². The Labute approximate surface area is 113 Å². The Morgan fingerprint density at radius 2 is 2.22 bits per heavy atom. The minimum absolute atomic E-state index is 0.453. The van der Waals surface area contributed by atoms with Gasteiger partial charge in [0.25, 0.3) is 0 Å². The molecule has 0 saturated carbocycles. The lowest BCUT2D eigenvalue weighted by Crippen LogP contribution is -2.19. The second-order valence-electron chi connectivity index (χ2n) is 4.75. The van der Waals surface area contributed by atoms with Crippen LogP contribution in [-0.4, -0.2) is 16.7 Å². The summed E-state index contributed by atoms with van der Waals surface area (Å²) in [5.41, 5.74) is 2.52. The summed E-state index contributed by atoms with van der Waals surface area (Å²) in [6.45, 7) is 7.51. The van der Waals surface area contributed by atoms with Crippen molar-refractivity contribution in [1.29, 1.82) is 0 Å². The zero-order valence-electron chi connectivity index (χ0n) is 11.3. The molecule has 98 valence electrons. The van der Waals surface area contributed by atoms with Gasteiger partial charge in [0.05, 0.1) is 6.20 Å². The second kappa shape index (κ2) is 6.16. The monoisotopic (exact) mass is 263 g/mol. The van der Waals surface area contributed by atoms with Gasteiger partial charge in [-0.25, -0.2) is 0 Å². The average molecular weight is 263 g/mol. The van der Waals surface area contributed by atoms with Gasteiger partial charge in [0, 0.05) is 21.5 Å². The molecule has 0 aliphatic heterocycles. The maximum absolute atomic E-state index is 4.04. The van der Waals surface area contributed by atoms with E-state index in [1.165, 1.54) is 21.0 Å². The number of H-pyrrole nitrogens is 1. The van der Waals surface area contributed by atoms with E-state index in [0.29, 0.717) is 6.04 Å². The van der Waals surface area contributed by atoms with Crippen molar-refractivity contribution < 1.29 is 0 Å². The number of aryl methyl sites for hydroxylation is 3. The highest BCUT2D eigenvalue weighted by molar-refractivity contribution is 7.12. The number of aromatic amines is 1. The number of aromatic nitrogens is 2. The van der Waals surface area contributed by atoms with Gasteiger partial charge in [-0.05, 0) is 57.9 Å². The largest absolute Gasteiger partial charge is 0.309 e. The minimum Gasteiger partial charge on any atom is -0.309 e. The summed E-state index contributed by atoms with van der Waals surface area (Å²) in [5, 5.41) is 10.6. The predicted octanol–water partition coefficient (Wildman–Crippen LogP) is 3.37. The summed E-state index contributed by atoms with van der Waals surface area (Å²) in [5.74, 6) is 0. The molecular weight excluding hydrogens is 242 g/mol. The van der Waals surface area contributed by atoms with Crippen LogP contribution in [0.1, 0.15) is 40.4 Å². The Bertz CT molecular complexity index is 487. The Balaban J connectivity index is 1.71. The molecule has 0 spiro atoms. The van der Waals surface area contributed by atoms with Gasteiger partial charge in [-0.1, -0.05) is 0 Å². The van der Waals surface area contributed by atoms with Crippen LogP contribution in [0, 0.1) is 13.8 Å². The first kappa shape index (κ1) is 13.3. The number of nitrogens with zero attached hydrogens (tertiary/aromatic N) is 1. The van der Waals surface area contributed by atoms with E-state index in [2.05, 4.69) is 48.4 Å². The van der Waals surface area contributed by atoms with Gasteiger partial charge >= 0.3 is 0 Å². The van der Waals surface area contributed by atoms with Crippen molar-refractivity contribution in [2.45, 2.75) is 39.7 Å². The van der Waals surface area contributed by atoms with E-state index in [-0.39, 0.29) is 0 Å². The molecule has 2 N–H and O–H groups in total. The molecule has 18 heavy (non-hydrogen) atoms. The molecule has 0 aliphatic carbocycles. The van der Waals surface area contributed by atoms with Gasteiger partial charge in [0.1, 0.15) is 0 Å². The van der Waals surface area contributed by atoms with Gasteiger partial charge in [0.15, 0.2) is 0 Å². The van der Waals surface area contributed by atoms with Crippen LogP contribution < -0.4 is 5.32 Å². The first-order valence-corrected chi connectivity index (χ1v) is 7.27. The van der Waals surface area contributed by atoms with E-state index in [1.54, 1.807) is 0 Å². The number of hydrogen-bond acceptors (Lipinski definition) is 3. The molecular formula is C14H21N3S. The predicted molar refractivity (Wildman–Crippen MR) is 77.1 cm³/mol. The Morgan fingerprint density at radius 1 is 1.39 bits per heavy atom. The Morgan fingerprint density at radius 3 is 2.83 bits per heavy atom. The zero-order valence-corrected chi connectivity index (χ0v) is 12.1. The van der Waals surface area contributed by atoms with Gasteiger partial charge in [-0.3, -0.25) is 5.10 Å². The SMILES string of the molecule is Cc1ccc(C(C)NCCCc2cn[nH]c2C)s1. The highest BCUT2D eigenvalue weighted by Crippen LogP contribution is 2.22. The van der Waals surface area contributed by atoms with Crippen molar-refractivity contribution in [2.24, 2.45) is 0 Å². The Hall–Kier alpha value is -1.13. The number of rotatable bonds is 6. The van der Waals surface area contributed by atoms with E-state index in [1.807, 2.05) is 17.5 Å². The summed E-state index contributed by atoms with van der Waals surface area (Å²) in [6, 6.07) is 4.86. The molecule has 2 aromatic heterocycles. The van der Waals surface area contributed by atoms with E-state index in [4.69, 9.17) is 0 Å². The van der Waals surface area contributed by atoms with E-state index in [9.17, 15) is 0 Å². The fraction of sp³-hybridized carbons (Fsp3) is 0.500. The lowest BCUT2D eigenvalue weighted by atomic mass is 10.1. The van der Waals surface area contributed by atoms with Crippen molar-refractivity contribution in [1.82, 2.24) is 15.5 Å². The number of hydrogen-bond donors (Lipinski definition) is 2. The third-order valence-corrected chi connectivity index (χ3v) is 4.38. The van der Waals surface area contributed by atoms with Crippen LogP contribution >= 0.6 is 11.3 Å². The third-order valence-electron chi connectivity index (χ3n) is 3.20. The first-order chi connectivity index (χ1) is 8.66. The number of nitrogens with one attached hydrogen (secondary N) is 2. The maximum Gasteiger partial charge on any atom is 0.0522 e. The van der Waals surface area contributed by atoms with Crippen LogP contribution in [0.25, 0.3) is 0 Å². The first-order valence-electron chi connectivity index (χ1n) is 6.45. The van der Waals surface area contributed by atoms with Gasteiger partial charge in [-0.15, -0.1) is 11.3 Å². The molecule has 2 heterocycles. The molecule has 0 aliphatic rings. The number of thiophene rings is 1. The zero-order chi connectivity index (χ0) is 13.0. The molecule has 4 heteroatoms. The van der Waals surface area contributed by atoms with Crippen LogP contribution in [-0.2, 0) is 6.42 Å². The lowest BCUT2D eigenvalue weighted by molar-refractivity contribution is 0.565. The van der Waals surface area contributed by atoms with Crippen LogP contribution in [0.5, 0.6) is 0 Å². The molecule has 0 bridgehead atoms. The molecule has 2 rings (SSSR count). The van der Waals surface area contributed by atoms with Crippen molar-refractivity contribution >= 4 is 11.3 Å². The fourth-order valence-electron chi connectivity index (χ4n) is 2.01. The van der Waals surface area contributed by atoms with Crippen molar-refractivity contribution in [2.75, 3.05) is 6.54 Å². The minimum atomic E-state index is 0.453. The summed E-state index contributed by atoms with van der Waals surface area (Å²) in [7, 11) is 0. The molecule has 0 aromatic carbocycles. The summed E-state index contributed by atoms with van der Waals surface area (Å²) in [6.07, 6.45) is 4.17. The van der Waals surface area contributed by atoms with Crippen LogP contribution in [0.15, 0.2) is 18.3 Å². The molecule has 0 amide bonds. The molecule has 1 unspecified atom stereocenters. The average Bonchev–Trinajstić information content (AvgIpc) is 2.94. The summed E-state index contributed by atoms with van der Waals surface area (Å²) in [4.78, 5) is 2.81. The molecule has 2 aromatic rings. The Kier molecular flexibility index (Phi) is 4.55. The van der Waals surface area contributed by atoms with Crippen molar-refractivity contribution in [3.05, 3.63) is 39.3 Å². The standard InChI is InChI=1S/C14H21N3S/c1-10-6-7-14(18-10)12(3)15-8-4-5-13-9-16-17-11(13)2/h6-7,9,12,15H,4-5,8H2,1-3H3,(H,16,17). The smallest absolute Gasteiger partial charge is 0.0522 e. The van der Waals surface area contributed by atoms with Crippen LogP contribution in [0.4, 0.5) is 0 Å². The maximum atomic E-state index is 4.04. The normalized spacial score (nSPS) is 12.8. The summed E-state index contributed by atoms with van der Waals surface area (Å²) < 4.78 is 0. The second-order valence-corrected chi connectivity index (χ2v) is 6.07. The van der Waals surface area contributed by atoms with Crippen LogP contribution in [0.3, 0.4) is 0 Å². The molecule has 0 fully saturated rings. The highest BCUT2D eigenvalue weighted by atomic mass is 32.1. The molecule has 3 nitrogen and oxygen atoms in total. The van der Waals surface area contributed by atoms with E-state index < -0.39 is 0 Å². The lowest BCUT2D eigenvalue weighted by Gasteiger charge is -2.11. The quantitative estimate of drug-likeness (QED) is 0.785. The van der Waals surface area contributed by atoms with Gasteiger partial charge in [-0.2, -0.15) is 5.10 Å². The molecule has 1 atom stereocenters. The third kappa shape index (κ3) is 3.43. The van der Waals surface area contributed by atoms with Gasteiger partial charge < -0.3 is 5.32 Å². The van der Waals surface area contributed by atoms with Gasteiger partial charge in [0.2, 0.25) is 0 Å². The van der Waals surface area contributed by atoms with Crippen LogP contribution in [0.2, 0.25) is 0 Å². The van der Waals surface area contributed by atoms with Crippen molar-refractivity contribution in [3.63, 3.8) is 0 Å². The topological polar surface area (TPSA) is 40.7 Å². The summed E-state index contributed by atoms with van der Waals surface area (Å²) >= 11 is 1.88. The van der Waals surface area contributed by atoms with E-state index >= 15 is 0 Å². The van der Waals surface area contributed by atoms with E-state index in [0.717, 1.165) is 19.4 Å². The molecule has 0 saturated heterocycles.